The molecule has 0 saturated heterocycles. The first-order chi connectivity index (χ1) is 11.6. The smallest absolute Gasteiger partial charge is 0.280 e. The minimum Gasteiger partial charge on any atom is -0.368 e. The number of para-hydroxylation sites is 2. The van der Waals surface area contributed by atoms with Gasteiger partial charge in [0, 0.05) is 17.5 Å². The Balaban J connectivity index is 1.85. The topological polar surface area (TPSA) is 74.3 Å². The van der Waals surface area contributed by atoms with Crippen LogP contribution in [-0.4, -0.2) is 24.1 Å². The maximum absolute atomic E-state index is 13.3. The summed E-state index contributed by atoms with van der Waals surface area (Å²) in [4.78, 5) is 26.8. The standard InChI is InChI=1S/C17H13N5OS/c1-21-11-7-3-2-6-10(11)17(14(21)23)20-15(18)19-16-22(17)12-8-4-5-9-13(12)24-16/h2-9H,1H3,(H2,18,20)/t17-/m0/s1. The Morgan fingerprint density at radius 3 is 2.62 bits per heavy atom. The van der Waals surface area contributed by atoms with Crippen molar-refractivity contribution in [2.45, 2.75) is 10.6 Å². The SMILES string of the molecule is CN1C(=O)[C@]2(N=C(N)N=C3Sc4ccccc4N32)c2ccccc21. The summed E-state index contributed by atoms with van der Waals surface area (Å²) in [6, 6.07) is 15.6. The summed E-state index contributed by atoms with van der Waals surface area (Å²) in [6.07, 6.45) is 0. The second kappa shape index (κ2) is 4.39. The van der Waals surface area contributed by atoms with E-state index in [9.17, 15) is 4.79 Å². The molecule has 0 fully saturated rings. The number of carbonyl (C=O) groups is 1. The maximum Gasteiger partial charge on any atom is 0.280 e. The number of amidine groups is 1. The van der Waals surface area contributed by atoms with Gasteiger partial charge in [0.1, 0.15) is 0 Å². The number of anilines is 2. The molecule has 1 amide bonds. The Bertz CT molecular complexity index is 969. The van der Waals surface area contributed by atoms with Crippen LogP contribution in [0.2, 0.25) is 0 Å². The Morgan fingerprint density at radius 2 is 1.79 bits per heavy atom. The zero-order valence-corrected chi connectivity index (χ0v) is 13.6. The highest BCUT2D eigenvalue weighted by atomic mass is 32.2. The summed E-state index contributed by atoms with van der Waals surface area (Å²) in [5.41, 5.74) is 7.37. The number of aliphatic imine (C=N–C) groups is 2. The number of thioether (sulfide) groups is 1. The summed E-state index contributed by atoms with van der Waals surface area (Å²) in [5, 5.41) is 0.683. The highest BCUT2D eigenvalue weighted by Gasteiger charge is 2.59. The number of amides is 1. The summed E-state index contributed by atoms with van der Waals surface area (Å²) in [7, 11) is 1.77. The van der Waals surface area contributed by atoms with Crippen LogP contribution in [0.3, 0.4) is 0 Å². The lowest BCUT2D eigenvalue weighted by atomic mass is 9.98. The Kier molecular flexibility index (Phi) is 2.49. The van der Waals surface area contributed by atoms with Crippen LogP contribution in [0.1, 0.15) is 5.56 Å². The number of nitrogens with zero attached hydrogens (tertiary/aromatic N) is 4. The fourth-order valence-electron chi connectivity index (χ4n) is 3.54. The van der Waals surface area contributed by atoms with Crippen molar-refractivity contribution in [1.82, 2.24) is 0 Å². The van der Waals surface area contributed by atoms with Crippen molar-refractivity contribution >= 4 is 40.2 Å². The summed E-state index contributed by atoms with van der Waals surface area (Å²) in [5.74, 6) is -0.00337. The zero-order valence-electron chi connectivity index (χ0n) is 12.8. The Labute approximate surface area is 142 Å². The van der Waals surface area contributed by atoms with E-state index in [1.165, 1.54) is 11.8 Å². The van der Waals surface area contributed by atoms with Crippen LogP contribution in [0.4, 0.5) is 11.4 Å². The summed E-state index contributed by atoms with van der Waals surface area (Å²) >= 11 is 1.51. The van der Waals surface area contributed by atoms with E-state index in [1.54, 1.807) is 11.9 Å². The van der Waals surface area contributed by atoms with Crippen LogP contribution in [0.5, 0.6) is 0 Å². The molecule has 3 heterocycles. The van der Waals surface area contributed by atoms with Crippen molar-refractivity contribution in [3.8, 4) is 0 Å². The van der Waals surface area contributed by atoms with E-state index in [2.05, 4.69) is 9.98 Å². The lowest BCUT2D eigenvalue weighted by Gasteiger charge is -2.37. The number of fused-ring (bicyclic) bond motifs is 6. The maximum atomic E-state index is 13.3. The van der Waals surface area contributed by atoms with Crippen molar-refractivity contribution in [3.05, 3.63) is 54.1 Å². The van der Waals surface area contributed by atoms with Crippen molar-refractivity contribution < 1.29 is 4.79 Å². The van der Waals surface area contributed by atoms with Crippen LogP contribution in [0.25, 0.3) is 0 Å². The number of benzene rings is 2. The molecule has 2 N–H and O–H groups in total. The molecule has 0 saturated carbocycles. The lowest BCUT2D eigenvalue weighted by molar-refractivity contribution is -0.122. The molecule has 0 aliphatic carbocycles. The number of likely N-dealkylation sites (N-methyl/N-ethyl adjacent to an activating group) is 1. The second-order valence-electron chi connectivity index (χ2n) is 5.82. The van der Waals surface area contributed by atoms with Crippen molar-refractivity contribution in [2.75, 3.05) is 16.8 Å². The Morgan fingerprint density at radius 1 is 1.08 bits per heavy atom. The van der Waals surface area contributed by atoms with Gasteiger partial charge in [-0.3, -0.25) is 9.69 Å². The summed E-state index contributed by atoms with van der Waals surface area (Å²) in [6.45, 7) is 0. The van der Waals surface area contributed by atoms with Crippen molar-refractivity contribution in [1.29, 1.82) is 0 Å². The first-order valence-corrected chi connectivity index (χ1v) is 8.33. The van der Waals surface area contributed by atoms with Crippen LogP contribution in [0, 0.1) is 0 Å². The number of carbonyl (C=O) groups excluding carboxylic acids is 1. The van der Waals surface area contributed by atoms with Gasteiger partial charge in [-0.2, -0.15) is 4.99 Å². The fraction of sp³-hybridized carbons (Fsp3) is 0.118. The molecule has 2 aromatic rings. The monoisotopic (exact) mass is 335 g/mol. The van der Waals surface area contributed by atoms with E-state index in [0.717, 1.165) is 21.8 Å². The molecule has 3 aliphatic heterocycles. The van der Waals surface area contributed by atoms with Gasteiger partial charge >= 0.3 is 0 Å². The van der Waals surface area contributed by atoms with Gasteiger partial charge in [-0.25, -0.2) is 4.99 Å². The third-order valence-electron chi connectivity index (χ3n) is 4.55. The van der Waals surface area contributed by atoms with Crippen LogP contribution >= 0.6 is 11.8 Å². The molecule has 0 radical (unpaired) electrons. The third-order valence-corrected chi connectivity index (χ3v) is 5.57. The highest BCUT2D eigenvalue weighted by Crippen LogP contribution is 2.53. The number of hydrogen-bond donors (Lipinski definition) is 1. The molecular formula is C17H13N5OS. The normalized spacial score (nSPS) is 23.8. The highest BCUT2D eigenvalue weighted by molar-refractivity contribution is 8.14. The number of nitrogens with two attached hydrogens (primary N) is 1. The predicted octanol–water partition coefficient (Wildman–Crippen LogP) is 2.11. The zero-order chi connectivity index (χ0) is 16.5. The first kappa shape index (κ1) is 13.6. The van der Waals surface area contributed by atoms with E-state index < -0.39 is 5.66 Å². The largest absolute Gasteiger partial charge is 0.368 e. The average molecular weight is 335 g/mol. The number of rotatable bonds is 0. The molecule has 5 rings (SSSR count). The minimum atomic E-state index is -1.22. The van der Waals surface area contributed by atoms with Crippen molar-refractivity contribution in [3.63, 3.8) is 0 Å². The van der Waals surface area contributed by atoms with Gasteiger partial charge < -0.3 is 10.6 Å². The van der Waals surface area contributed by atoms with Gasteiger partial charge in [-0.15, -0.1) is 0 Å². The van der Waals surface area contributed by atoms with Gasteiger partial charge in [-0.05, 0) is 30.0 Å². The number of guanidine groups is 1. The molecule has 0 aromatic heterocycles. The molecule has 1 atom stereocenters. The summed E-state index contributed by atoms with van der Waals surface area (Å²) < 4.78 is 0. The molecule has 2 aromatic carbocycles. The van der Waals surface area contributed by atoms with Crippen LogP contribution in [0.15, 0.2) is 63.4 Å². The quantitative estimate of drug-likeness (QED) is 0.800. The van der Waals surface area contributed by atoms with Gasteiger partial charge in [0.2, 0.25) is 11.6 Å². The molecule has 3 aliphatic rings. The van der Waals surface area contributed by atoms with Crippen LogP contribution < -0.4 is 15.5 Å². The molecule has 24 heavy (non-hydrogen) atoms. The molecule has 0 bridgehead atoms. The van der Waals surface area contributed by atoms with Crippen LogP contribution in [-0.2, 0) is 10.5 Å². The van der Waals surface area contributed by atoms with E-state index in [1.807, 2.05) is 53.4 Å². The number of hydrogen-bond acceptors (Lipinski definition) is 6. The predicted molar refractivity (Wildman–Crippen MR) is 95.4 cm³/mol. The van der Waals surface area contributed by atoms with E-state index in [0.29, 0.717) is 5.17 Å². The molecule has 6 nitrogen and oxygen atoms in total. The van der Waals surface area contributed by atoms with Crippen molar-refractivity contribution in [2.24, 2.45) is 15.7 Å². The van der Waals surface area contributed by atoms with E-state index in [-0.39, 0.29) is 11.9 Å². The molecule has 118 valence electrons. The fourth-order valence-corrected chi connectivity index (χ4v) is 4.61. The van der Waals surface area contributed by atoms with Gasteiger partial charge in [0.15, 0.2) is 5.17 Å². The third kappa shape index (κ3) is 1.45. The molecule has 7 heteroatoms. The molecule has 0 unspecified atom stereocenters. The van der Waals surface area contributed by atoms with E-state index >= 15 is 0 Å². The average Bonchev–Trinajstić information content (AvgIpc) is 3.06. The molecule has 1 spiro atoms. The first-order valence-electron chi connectivity index (χ1n) is 7.52. The minimum absolute atomic E-state index is 0.125. The second-order valence-corrected chi connectivity index (χ2v) is 6.83. The molecular weight excluding hydrogens is 322 g/mol. The van der Waals surface area contributed by atoms with Gasteiger partial charge in [0.25, 0.3) is 5.91 Å². The van der Waals surface area contributed by atoms with E-state index in [4.69, 9.17) is 5.73 Å². The lowest BCUT2D eigenvalue weighted by Crippen LogP contribution is -2.55. The Hall–Kier alpha value is -2.80. The van der Waals surface area contributed by atoms with Gasteiger partial charge in [-0.1, -0.05) is 30.3 Å². The van der Waals surface area contributed by atoms with Gasteiger partial charge in [0.05, 0.1) is 11.4 Å².